The van der Waals surface area contributed by atoms with E-state index in [0.29, 0.717) is 13.1 Å². The first-order valence-corrected chi connectivity index (χ1v) is 6.01. The average molecular weight is 253 g/mol. The second kappa shape index (κ2) is 4.61. The maximum absolute atomic E-state index is 11.7. The van der Waals surface area contributed by atoms with Crippen LogP contribution >= 0.6 is 0 Å². The molecule has 0 aromatic carbocycles. The Morgan fingerprint density at radius 1 is 1.56 bits per heavy atom. The maximum atomic E-state index is 11.7. The Bertz CT molecular complexity index is 430. The number of amides is 1. The topological polar surface area (TPSA) is 67.6 Å². The van der Waals surface area contributed by atoms with E-state index in [1.165, 1.54) is 0 Å². The third-order valence-electron chi connectivity index (χ3n) is 2.73. The van der Waals surface area contributed by atoms with Crippen LogP contribution in [-0.2, 0) is 11.3 Å². The lowest BCUT2D eigenvalue weighted by Crippen LogP contribution is -2.52. The summed E-state index contributed by atoms with van der Waals surface area (Å²) in [4.78, 5) is 13.4. The van der Waals surface area contributed by atoms with E-state index in [1.54, 1.807) is 22.0 Å². The molecular formula is C12H19N3O3. The van der Waals surface area contributed by atoms with Crippen molar-refractivity contribution in [1.82, 2.24) is 14.7 Å². The van der Waals surface area contributed by atoms with Gasteiger partial charge in [-0.05, 0) is 20.8 Å². The summed E-state index contributed by atoms with van der Waals surface area (Å²) in [6, 6.07) is 0.179. The molecule has 0 bridgehead atoms. The van der Waals surface area contributed by atoms with Crippen molar-refractivity contribution < 1.29 is 14.6 Å². The van der Waals surface area contributed by atoms with Gasteiger partial charge < -0.3 is 14.7 Å². The summed E-state index contributed by atoms with van der Waals surface area (Å²) in [5, 5.41) is 13.1. The Morgan fingerprint density at radius 3 is 2.72 bits per heavy atom. The number of likely N-dealkylation sites (tertiary alicyclic amines) is 1. The number of nitrogens with zero attached hydrogens (tertiary/aromatic N) is 3. The van der Waals surface area contributed by atoms with Crippen LogP contribution in [0.15, 0.2) is 12.4 Å². The van der Waals surface area contributed by atoms with E-state index in [1.807, 2.05) is 20.8 Å². The number of aliphatic hydroxyl groups is 1. The van der Waals surface area contributed by atoms with E-state index >= 15 is 0 Å². The van der Waals surface area contributed by atoms with Crippen molar-refractivity contribution in [2.75, 3.05) is 13.1 Å². The minimum atomic E-state index is -0.460. The van der Waals surface area contributed by atoms with Crippen LogP contribution in [-0.4, -0.2) is 44.6 Å². The zero-order chi connectivity index (χ0) is 13.3. The fourth-order valence-electron chi connectivity index (χ4n) is 1.76. The molecule has 1 aromatic heterocycles. The van der Waals surface area contributed by atoms with Crippen molar-refractivity contribution in [1.29, 1.82) is 0 Å². The van der Waals surface area contributed by atoms with Crippen molar-refractivity contribution in [3.63, 3.8) is 0 Å². The van der Waals surface area contributed by atoms with Gasteiger partial charge in [0.15, 0.2) is 0 Å². The van der Waals surface area contributed by atoms with Gasteiger partial charge in [-0.3, -0.25) is 4.68 Å². The molecule has 1 aliphatic rings. The lowest BCUT2D eigenvalue weighted by Gasteiger charge is -2.39. The largest absolute Gasteiger partial charge is 0.444 e. The standard InChI is InChI=1S/C12H19N3O3/c1-12(2,3)18-11(17)14-6-10(7-14)15-5-9(8-16)4-13-15/h4-5,10,16H,6-8H2,1-3H3. The Labute approximate surface area is 106 Å². The van der Waals surface area contributed by atoms with Gasteiger partial charge in [0.05, 0.1) is 18.8 Å². The summed E-state index contributed by atoms with van der Waals surface area (Å²) in [5.41, 5.74) is 0.323. The van der Waals surface area contributed by atoms with Gasteiger partial charge in [0.1, 0.15) is 5.60 Å². The number of carbonyl (C=O) groups is 1. The molecule has 0 atom stereocenters. The molecule has 0 spiro atoms. The van der Waals surface area contributed by atoms with E-state index in [2.05, 4.69) is 5.10 Å². The Morgan fingerprint density at radius 2 is 2.22 bits per heavy atom. The number of hydrogen-bond donors (Lipinski definition) is 1. The van der Waals surface area contributed by atoms with Gasteiger partial charge in [0.2, 0.25) is 0 Å². The fraction of sp³-hybridized carbons (Fsp3) is 0.667. The number of aromatic nitrogens is 2. The van der Waals surface area contributed by atoms with Crippen LogP contribution in [0, 0.1) is 0 Å². The first-order chi connectivity index (χ1) is 8.39. The van der Waals surface area contributed by atoms with Gasteiger partial charge in [-0.2, -0.15) is 5.10 Å². The summed E-state index contributed by atoms with van der Waals surface area (Å²) >= 11 is 0. The average Bonchev–Trinajstić information content (AvgIpc) is 2.60. The molecule has 1 N–H and O–H groups in total. The van der Waals surface area contributed by atoms with Gasteiger partial charge in [-0.1, -0.05) is 0 Å². The highest BCUT2D eigenvalue weighted by Crippen LogP contribution is 2.23. The lowest BCUT2D eigenvalue weighted by atomic mass is 10.1. The van der Waals surface area contributed by atoms with Crippen LogP contribution in [0.4, 0.5) is 4.79 Å². The fourth-order valence-corrected chi connectivity index (χ4v) is 1.76. The molecule has 2 heterocycles. The Hall–Kier alpha value is -1.56. The molecule has 0 saturated carbocycles. The minimum Gasteiger partial charge on any atom is -0.444 e. The molecule has 2 rings (SSSR count). The SMILES string of the molecule is CC(C)(C)OC(=O)N1CC(n2cc(CO)cn2)C1. The van der Waals surface area contributed by atoms with Gasteiger partial charge in [-0.25, -0.2) is 4.79 Å². The highest BCUT2D eigenvalue weighted by molar-refractivity contribution is 5.69. The van der Waals surface area contributed by atoms with E-state index < -0.39 is 5.60 Å². The van der Waals surface area contributed by atoms with E-state index in [4.69, 9.17) is 9.84 Å². The van der Waals surface area contributed by atoms with Gasteiger partial charge in [0, 0.05) is 24.8 Å². The lowest BCUT2D eigenvalue weighted by molar-refractivity contribution is -0.000409. The highest BCUT2D eigenvalue weighted by Gasteiger charge is 2.35. The molecular weight excluding hydrogens is 234 g/mol. The number of aliphatic hydroxyl groups excluding tert-OH is 1. The van der Waals surface area contributed by atoms with Crippen LogP contribution in [0.5, 0.6) is 0 Å². The summed E-state index contributed by atoms with van der Waals surface area (Å²) in [5.74, 6) is 0. The maximum Gasteiger partial charge on any atom is 0.410 e. The highest BCUT2D eigenvalue weighted by atomic mass is 16.6. The molecule has 0 unspecified atom stereocenters. The molecule has 6 heteroatoms. The van der Waals surface area contributed by atoms with Crippen molar-refractivity contribution in [2.45, 2.75) is 39.0 Å². The molecule has 1 amide bonds. The van der Waals surface area contributed by atoms with Crippen LogP contribution in [0.2, 0.25) is 0 Å². The van der Waals surface area contributed by atoms with Gasteiger partial charge in [0.25, 0.3) is 0 Å². The zero-order valence-electron chi connectivity index (χ0n) is 11.0. The molecule has 1 fully saturated rings. The molecule has 18 heavy (non-hydrogen) atoms. The third-order valence-corrected chi connectivity index (χ3v) is 2.73. The van der Waals surface area contributed by atoms with Crippen molar-refractivity contribution in [3.8, 4) is 0 Å². The summed E-state index contributed by atoms with van der Waals surface area (Å²) < 4.78 is 7.05. The van der Waals surface area contributed by atoms with Crippen LogP contribution in [0.1, 0.15) is 32.4 Å². The van der Waals surface area contributed by atoms with Crippen molar-refractivity contribution in [3.05, 3.63) is 18.0 Å². The molecule has 1 aliphatic heterocycles. The molecule has 0 aliphatic carbocycles. The van der Waals surface area contributed by atoms with E-state index in [9.17, 15) is 4.79 Å². The monoisotopic (exact) mass is 253 g/mol. The Balaban J connectivity index is 1.85. The molecule has 0 radical (unpaired) electrons. The summed E-state index contributed by atoms with van der Waals surface area (Å²) in [6.07, 6.45) is 3.15. The number of ether oxygens (including phenoxy) is 1. The molecule has 6 nitrogen and oxygen atoms in total. The predicted molar refractivity (Wildman–Crippen MR) is 65.0 cm³/mol. The second-order valence-electron chi connectivity index (χ2n) is 5.53. The van der Waals surface area contributed by atoms with Crippen molar-refractivity contribution >= 4 is 6.09 Å². The number of hydrogen-bond acceptors (Lipinski definition) is 4. The number of rotatable bonds is 2. The molecule has 100 valence electrons. The third kappa shape index (κ3) is 2.81. The minimum absolute atomic E-state index is 0.0114. The molecule has 1 aromatic rings. The van der Waals surface area contributed by atoms with E-state index in [0.717, 1.165) is 5.56 Å². The first-order valence-electron chi connectivity index (χ1n) is 6.01. The van der Waals surface area contributed by atoms with E-state index in [-0.39, 0.29) is 18.7 Å². The van der Waals surface area contributed by atoms with Crippen LogP contribution < -0.4 is 0 Å². The molecule has 1 saturated heterocycles. The van der Waals surface area contributed by atoms with Crippen molar-refractivity contribution in [2.24, 2.45) is 0 Å². The number of carbonyl (C=O) groups excluding carboxylic acids is 1. The van der Waals surface area contributed by atoms with Gasteiger partial charge >= 0.3 is 6.09 Å². The van der Waals surface area contributed by atoms with Crippen LogP contribution in [0.3, 0.4) is 0 Å². The quantitative estimate of drug-likeness (QED) is 0.859. The second-order valence-corrected chi connectivity index (χ2v) is 5.53. The normalized spacial score (nSPS) is 16.6. The Kier molecular flexibility index (Phi) is 3.30. The zero-order valence-corrected chi connectivity index (χ0v) is 11.0. The summed E-state index contributed by atoms with van der Waals surface area (Å²) in [6.45, 7) is 6.74. The first kappa shape index (κ1) is 12.9. The smallest absolute Gasteiger partial charge is 0.410 e. The predicted octanol–water partition coefficient (Wildman–Crippen LogP) is 1.17. The summed E-state index contributed by atoms with van der Waals surface area (Å²) in [7, 11) is 0. The van der Waals surface area contributed by atoms with Gasteiger partial charge in [-0.15, -0.1) is 0 Å². The van der Waals surface area contributed by atoms with Crippen LogP contribution in [0.25, 0.3) is 0 Å².